The number of fused-ring (bicyclic) bond motifs is 1. The fourth-order valence-electron chi connectivity index (χ4n) is 3.96. The summed E-state index contributed by atoms with van der Waals surface area (Å²) >= 11 is 6.94. The predicted octanol–water partition coefficient (Wildman–Crippen LogP) is 5.39. The maximum Gasteiger partial charge on any atom is 0.253 e. The second kappa shape index (κ2) is 8.90. The molecule has 0 radical (unpaired) electrons. The van der Waals surface area contributed by atoms with Crippen LogP contribution in [-0.2, 0) is 14.8 Å². The molecule has 1 amide bonds. The van der Waals surface area contributed by atoms with E-state index in [9.17, 15) is 13.2 Å². The molecule has 1 saturated heterocycles. The van der Waals surface area contributed by atoms with E-state index >= 15 is 0 Å². The van der Waals surface area contributed by atoms with Gasteiger partial charge in [0.25, 0.3) is 10.0 Å². The number of sulfonamides is 1. The number of piperidine rings is 1. The summed E-state index contributed by atoms with van der Waals surface area (Å²) in [6.07, 6.45) is 1.93. The van der Waals surface area contributed by atoms with Gasteiger partial charge in [-0.05, 0) is 55.3 Å². The van der Waals surface area contributed by atoms with Crippen LogP contribution in [0.4, 0.5) is 5.69 Å². The highest BCUT2D eigenvalue weighted by atomic mass is 35.5. The number of amides is 1. The van der Waals surface area contributed by atoms with Gasteiger partial charge in [-0.25, -0.2) is 13.4 Å². The van der Waals surface area contributed by atoms with E-state index in [2.05, 4.69) is 10.3 Å². The second-order valence-electron chi connectivity index (χ2n) is 7.74. The summed E-state index contributed by atoms with van der Waals surface area (Å²) in [7, 11) is -3.81. The first-order chi connectivity index (χ1) is 15.9. The Balaban J connectivity index is 1.38. The summed E-state index contributed by atoms with van der Waals surface area (Å²) < 4.78 is 34.0. The Hall–Kier alpha value is -2.72. The lowest BCUT2D eigenvalue weighted by atomic mass is 10.0. The molecule has 2 aromatic heterocycles. The van der Waals surface area contributed by atoms with Gasteiger partial charge < -0.3 is 9.73 Å². The van der Waals surface area contributed by atoms with E-state index in [-0.39, 0.29) is 10.1 Å². The molecule has 33 heavy (non-hydrogen) atoms. The topological polar surface area (TPSA) is 92.5 Å². The molecule has 1 aliphatic heterocycles. The number of benzene rings is 2. The molecule has 0 bridgehead atoms. The highest BCUT2D eigenvalue weighted by Gasteiger charge is 2.38. The van der Waals surface area contributed by atoms with Crippen LogP contribution in [-0.4, -0.2) is 36.2 Å². The third-order valence-corrected chi connectivity index (χ3v) is 9.15. The Kier molecular flexibility index (Phi) is 5.96. The van der Waals surface area contributed by atoms with Crippen molar-refractivity contribution in [2.75, 3.05) is 11.9 Å². The third kappa shape index (κ3) is 4.41. The molecule has 10 heteroatoms. The molecule has 7 nitrogen and oxygen atoms in total. The molecule has 1 aliphatic rings. The first-order valence-corrected chi connectivity index (χ1v) is 13.1. The van der Waals surface area contributed by atoms with E-state index in [4.69, 9.17) is 16.0 Å². The van der Waals surface area contributed by atoms with Crippen LogP contribution < -0.4 is 5.32 Å². The molecule has 2 aromatic carbocycles. The van der Waals surface area contributed by atoms with E-state index in [1.165, 1.54) is 10.4 Å². The Morgan fingerprint density at radius 1 is 1.12 bits per heavy atom. The average Bonchev–Trinajstić information content (AvgIpc) is 3.46. The molecule has 1 fully saturated rings. The Bertz CT molecular complexity index is 1400. The van der Waals surface area contributed by atoms with Crippen molar-refractivity contribution in [1.29, 1.82) is 0 Å². The lowest BCUT2D eigenvalue weighted by Crippen LogP contribution is -2.49. The van der Waals surface area contributed by atoms with E-state index in [1.54, 1.807) is 24.3 Å². The Labute approximate surface area is 200 Å². The van der Waals surface area contributed by atoms with Crippen LogP contribution >= 0.6 is 22.9 Å². The SMILES string of the molecule is O=C(Nc1cccc(-c2nc3ccccc3o2)c1)C1CCCCN1S(=O)(=O)c1ccc(Cl)s1. The van der Waals surface area contributed by atoms with Crippen molar-refractivity contribution in [2.24, 2.45) is 0 Å². The minimum Gasteiger partial charge on any atom is -0.436 e. The number of hydrogen-bond donors (Lipinski definition) is 1. The van der Waals surface area contributed by atoms with Crippen molar-refractivity contribution >= 4 is 55.7 Å². The van der Waals surface area contributed by atoms with Gasteiger partial charge in [0.2, 0.25) is 11.8 Å². The molecule has 170 valence electrons. The van der Waals surface area contributed by atoms with Crippen molar-refractivity contribution < 1.29 is 17.6 Å². The van der Waals surface area contributed by atoms with Gasteiger partial charge in [0, 0.05) is 17.8 Å². The van der Waals surface area contributed by atoms with Crippen LogP contribution in [0, 0.1) is 0 Å². The van der Waals surface area contributed by atoms with Gasteiger partial charge in [0.1, 0.15) is 15.8 Å². The van der Waals surface area contributed by atoms with Gasteiger partial charge in [-0.2, -0.15) is 4.31 Å². The number of aromatic nitrogens is 1. The first-order valence-electron chi connectivity index (χ1n) is 10.5. The maximum atomic E-state index is 13.2. The standard InChI is InChI=1S/C23H20ClN3O4S2/c24-20-11-12-21(32-20)33(29,30)27-13-4-3-9-18(27)22(28)25-16-7-5-6-15(14-16)23-26-17-8-1-2-10-19(17)31-23/h1-2,5-8,10-12,14,18H,3-4,9,13H2,(H,25,28). The van der Waals surface area contributed by atoms with Gasteiger partial charge in [0.15, 0.2) is 5.58 Å². The molecule has 1 N–H and O–H groups in total. The largest absolute Gasteiger partial charge is 0.436 e. The number of para-hydroxylation sites is 2. The number of oxazole rings is 1. The Morgan fingerprint density at radius 2 is 1.97 bits per heavy atom. The smallest absolute Gasteiger partial charge is 0.253 e. The number of carbonyl (C=O) groups is 1. The van der Waals surface area contributed by atoms with E-state index < -0.39 is 16.1 Å². The molecule has 0 saturated carbocycles. The summed E-state index contributed by atoms with van der Waals surface area (Å²) in [4.78, 5) is 17.7. The maximum absolute atomic E-state index is 13.2. The molecule has 5 rings (SSSR count). The number of nitrogens with zero attached hydrogens (tertiary/aromatic N) is 2. The third-order valence-electron chi connectivity index (χ3n) is 5.54. The summed E-state index contributed by atoms with van der Waals surface area (Å²) in [5.41, 5.74) is 2.68. The predicted molar refractivity (Wildman–Crippen MR) is 129 cm³/mol. The van der Waals surface area contributed by atoms with Crippen molar-refractivity contribution in [3.63, 3.8) is 0 Å². The van der Waals surface area contributed by atoms with E-state index in [0.29, 0.717) is 46.4 Å². The minimum absolute atomic E-state index is 0.144. The van der Waals surface area contributed by atoms with Crippen LogP contribution in [0.3, 0.4) is 0 Å². The first kappa shape index (κ1) is 22.1. The molecule has 4 aromatic rings. The Morgan fingerprint density at radius 3 is 2.76 bits per heavy atom. The molecule has 3 heterocycles. The zero-order valence-corrected chi connectivity index (χ0v) is 19.8. The van der Waals surface area contributed by atoms with Crippen LogP contribution in [0.1, 0.15) is 19.3 Å². The fraction of sp³-hybridized carbons (Fsp3) is 0.217. The highest BCUT2D eigenvalue weighted by Crippen LogP contribution is 2.32. The molecule has 1 atom stereocenters. The number of anilines is 1. The molecule has 0 spiro atoms. The van der Waals surface area contributed by atoms with Crippen LogP contribution in [0.25, 0.3) is 22.6 Å². The van der Waals surface area contributed by atoms with Gasteiger partial charge in [0.05, 0.1) is 4.34 Å². The highest BCUT2D eigenvalue weighted by molar-refractivity contribution is 7.91. The summed E-state index contributed by atoms with van der Waals surface area (Å²) in [5, 5.41) is 2.88. The van der Waals surface area contributed by atoms with Crippen molar-refractivity contribution in [3.05, 3.63) is 65.0 Å². The van der Waals surface area contributed by atoms with Crippen molar-refractivity contribution in [2.45, 2.75) is 29.5 Å². The fourth-order valence-corrected chi connectivity index (χ4v) is 7.23. The molecular formula is C23H20ClN3O4S2. The number of halogens is 1. The normalized spacial score (nSPS) is 17.3. The second-order valence-corrected chi connectivity index (χ2v) is 11.6. The van der Waals surface area contributed by atoms with E-state index in [1.807, 2.05) is 30.3 Å². The van der Waals surface area contributed by atoms with Gasteiger partial charge >= 0.3 is 0 Å². The van der Waals surface area contributed by atoms with Crippen LogP contribution in [0.5, 0.6) is 0 Å². The number of thiophene rings is 1. The zero-order valence-electron chi connectivity index (χ0n) is 17.4. The van der Waals surface area contributed by atoms with Crippen LogP contribution in [0.15, 0.2) is 69.3 Å². The number of nitrogens with one attached hydrogen (secondary N) is 1. The van der Waals surface area contributed by atoms with Gasteiger partial charge in [-0.15, -0.1) is 11.3 Å². The van der Waals surface area contributed by atoms with Crippen LogP contribution in [0.2, 0.25) is 4.34 Å². The number of rotatable bonds is 5. The zero-order chi connectivity index (χ0) is 23.0. The quantitative estimate of drug-likeness (QED) is 0.395. The summed E-state index contributed by atoms with van der Waals surface area (Å²) in [6, 6.07) is 16.9. The van der Waals surface area contributed by atoms with Crippen molar-refractivity contribution in [1.82, 2.24) is 9.29 Å². The van der Waals surface area contributed by atoms with E-state index in [0.717, 1.165) is 23.3 Å². The molecule has 1 unspecified atom stereocenters. The van der Waals surface area contributed by atoms with Gasteiger partial charge in [-0.1, -0.05) is 36.2 Å². The lowest BCUT2D eigenvalue weighted by molar-refractivity contribution is -0.120. The lowest BCUT2D eigenvalue weighted by Gasteiger charge is -2.33. The summed E-state index contributed by atoms with van der Waals surface area (Å²) in [6.45, 7) is 0.291. The number of carbonyl (C=O) groups excluding carboxylic acids is 1. The molecular weight excluding hydrogens is 482 g/mol. The van der Waals surface area contributed by atoms with Gasteiger partial charge in [-0.3, -0.25) is 4.79 Å². The monoisotopic (exact) mass is 501 g/mol. The summed E-state index contributed by atoms with van der Waals surface area (Å²) in [5.74, 6) is 0.0828. The van der Waals surface area contributed by atoms with Crippen molar-refractivity contribution in [3.8, 4) is 11.5 Å². The number of hydrogen-bond acceptors (Lipinski definition) is 6. The minimum atomic E-state index is -3.81. The molecule has 0 aliphatic carbocycles. The average molecular weight is 502 g/mol.